The van der Waals surface area contributed by atoms with Gasteiger partial charge in [0.2, 0.25) is 0 Å². The summed E-state index contributed by atoms with van der Waals surface area (Å²) in [5.41, 5.74) is 1.90. The first-order chi connectivity index (χ1) is 12.7. The highest BCUT2D eigenvalue weighted by molar-refractivity contribution is 6.31. The molecule has 0 N–H and O–H groups in total. The van der Waals surface area contributed by atoms with Crippen molar-refractivity contribution >= 4 is 17.5 Å². The molecule has 26 heavy (non-hydrogen) atoms. The number of carbonyl (C=O) groups excluding carboxylic acids is 1. The summed E-state index contributed by atoms with van der Waals surface area (Å²) >= 11 is 6.00. The molecule has 0 atom stereocenters. The van der Waals surface area contributed by atoms with Crippen molar-refractivity contribution in [2.75, 3.05) is 19.8 Å². The summed E-state index contributed by atoms with van der Waals surface area (Å²) in [6.45, 7) is 2.72. The number of nitriles is 1. The lowest BCUT2D eigenvalue weighted by Crippen LogP contribution is -2.36. The molecule has 134 valence electrons. The van der Waals surface area contributed by atoms with Gasteiger partial charge in [0.1, 0.15) is 6.07 Å². The monoisotopic (exact) mass is 368 g/mol. The maximum absolute atomic E-state index is 13.1. The molecule has 0 unspecified atom stereocenters. The molecule has 1 fully saturated rings. The van der Waals surface area contributed by atoms with Crippen LogP contribution < -0.4 is 0 Å². The molecule has 2 aromatic rings. The van der Waals surface area contributed by atoms with Crippen LogP contribution in [0, 0.1) is 17.2 Å². The first kappa shape index (κ1) is 18.4. The van der Waals surface area contributed by atoms with Crippen LogP contribution in [-0.4, -0.2) is 30.6 Å². The highest BCUT2D eigenvalue weighted by Crippen LogP contribution is 2.22. The Balaban J connectivity index is 1.83. The Kier molecular flexibility index (Phi) is 6.27. The van der Waals surface area contributed by atoms with Crippen molar-refractivity contribution in [2.24, 2.45) is 5.92 Å². The minimum Gasteiger partial charge on any atom is -0.381 e. The van der Waals surface area contributed by atoms with E-state index in [9.17, 15) is 10.1 Å². The summed E-state index contributed by atoms with van der Waals surface area (Å²) in [7, 11) is 0. The number of hydrogen-bond donors (Lipinski definition) is 0. The number of rotatable bonds is 5. The first-order valence-corrected chi connectivity index (χ1v) is 9.16. The van der Waals surface area contributed by atoms with Gasteiger partial charge in [-0.15, -0.1) is 0 Å². The highest BCUT2D eigenvalue weighted by atomic mass is 35.5. The minimum atomic E-state index is -0.0755. The van der Waals surface area contributed by atoms with E-state index in [0.717, 1.165) is 31.6 Å². The molecule has 4 nitrogen and oxygen atoms in total. The minimum absolute atomic E-state index is 0.0755. The number of hydrogen-bond acceptors (Lipinski definition) is 3. The molecular formula is C21H21ClN2O2. The maximum Gasteiger partial charge on any atom is 0.254 e. The Hall–Kier alpha value is -2.35. The van der Waals surface area contributed by atoms with E-state index < -0.39 is 0 Å². The van der Waals surface area contributed by atoms with Crippen LogP contribution in [0.5, 0.6) is 0 Å². The molecule has 1 aliphatic rings. The summed E-state index contributed by atoms with van der Waals surface area (Å²) in [6, 6.07) is 16.9. The third-order valence-corrected chi connectivity index (χ3v) is 4.99. The molecule has 0 saturated carbocycles. The average Bonchev–Trinajstić information content (AvgIpc) is 2.69. The SMILES string of the molecule is N#Cc1cc(C(=O)N(Cc2ccccc2)CC2CCOCC2)ccc1Cl. The number of benzene rings is 2. The van der Waals surface area contributed by atoms with E-state index in [1.165, 1.54) is 0 Å². The van der Waals surface area contributed by atoms with Gasteiger partial charge in [-0.2, -0.15) is 5.26 Å². The van der Waals surface area contributed by atoms with Gasteiger partial charge in [-0.1, -0.05) is 41.9 Å². The standard InChI is InChI=1S/C21H21ClN2O2/c22-20-7-6-18(12-19(20)13-23)21(25)24(14-16-4-2-1-3-5-16)15-17-8-10-26-11-9-17/h1-7,12,17H,8-11,14-15H2. The van der Waals surface area contributed by atoms with Crippen molar-refractivity contribution in [1.82, 2.24) is 4.90 Å². The molecular weight excluding hydrogens is 348 g/mol. The Morgan fingerprint density at radius 2 is 1.92 bits per heavy atom. The van der Waals surface area contributed by atoms with Crippen LogP contribution in [0.25, 0.3) is 0 Å². The molecule has 0 radical (unpaired) electrons. The number of nitrogens with zero attached hydrogens (tertiary/aromatic N) is 2. The zero-order chi connectivity index (χ0) is 18.4. The molecule has 1 amide bonds. The second-order valence-corrected chi connectivity index (χ2v) is 6.94. The molecule has 0 aliphatic carbocycles. The lowest BCUT2D eigenvalue weighted by Gasteiger charge is -2.30. The average molecular weight is 369 g/mol. The van der Waals surface area contributed by atoms with Crippen LogP contribution in [0.4, 0.5) is 0 Å². The lowest BCUT2D eigenvalue weighted by atomic mass is 9.98. The van der Waals surface area contributed by atoms with Crippen molar-refractivity contribution in [3.05, 3.63) is 70.2 Å². The highest BCUT2D eigenvalue weighted by Gasteiger charge is 2.23. The zero-order valence-corrected chi connectivity index (χ0v) is 15.3. The molecule has 1 saturated heterocycles. The summed E-state index contributed by atoms with van der Waals surface area (Å²) in [6.07, 6.45) is 1.92. The van der Waals surface area contributed by atoms with Crippen molar-refractivity contribution in [3.63, 3.8) is 0 Å². The molecule has 0 spiro atoms. The van der Waals surface area contributed by atoms with Crippen molar-refractivity contribution in [3.8, 4) is 6.07 Å². The summed E-state index contributed by atoms with van der Waals surface area (Å²) < 4.78 is 5.43. The molecule has 2 aromatic carbocycles. The van der Waals surface area contributed by atoms with Crippen LogP contribution >= 0.6 is 11.6 Å². The quantitative estimate of drug-likeness (QED) is 0.791. The smallest absolute Gasteiger partial charge is 0.254 e. The van der Waals surface area contributed by atoms with Crippen LogP contribution in [0.1, 0.15) is 34.3 Å². The van der Waals surface area contributed by atoms with Crippen LogP contribution in [0.15, 0.2) is 48.5 Å². The second-order valence-electron chi connectivity index (χ2n) is 6.53. The van der Waals surface area contributed by atoms with Gasteiger partial charge in [-0.05, 0) is 42.5 Å². The predicted molar refractivity (Wildman–Crippen MR) is 101 cm³/mol. The number of carbonyl (C=O) groups is 1. The molecule has 0 aromatic heterocycles. The summed E-state index contributed by atoms with van der Waals surface area (Å²) in [4.78, 5) is 15.0. The van der Waals surface area contributed by atoms with Crippen LogP contribution in [-0.2, 0) is 11.3 Å². The summed E-state index contributed by atoms with van der Waals surface area (Å²) in [5.74, 6) is 0.354. The van der Waals surface area contributed by atoms with Crippen molar-refractivity contribution in [2.45, 2.75) is 19.4 Å². The Labute approximate surface area is 158 Å². The fourth-order valence-electron chi connectivity index (χ4n) is 3.19. The van der Waals surface area contributed by atoms with Gasteiger partial charge in [-0.25, -0.2) is 0 Å². The molecule has 5 heteroatoms. The van der Waals surface area contributed by atoms with Crippen LogP contribution in [0.3, 0.4) is 0 Å². The maximum atomic E-state index is 13.1. The second kappa shape index (κ2) is 8.84. The normalized spacial score (nSPS) is 14.6. The van der Waals surface area contributed by atoms with E-state index in [1.807, 2.05) is 41.3 Å². The third-order valence-electron chi connectivity index (χ3n) is 4.66. The molecule has 0 bridgehead atoms. The van der Waals surface area contributed by atoms with Gasteiger partial charge >= 0.3 is 0 Å². The van der Waals surface area contributed by atoms with Gasteiger partial charge in [0.25, 0.3) is 5.91 Å². The lowest BCUT2D eigenvalue weighted by molar-refractivity contribution is 0.0446. The largest absolute Gasteiger partial charge is 0.381 e. The Morgan fingerprint density at radius 1 is 1.19 bits per heavy atom. The third kappa shape index (κ3) is 4.63. The fraction of sp³-hybridized carbons (Fsp3) is 0.333. The van der Waals surface area contributed by atoms with E-state index in [-0.39, 0.29) is 5.91 Å². The van der Waals surface area contributed by atoms with E-state index in [4.69, 9.17) is 16.3 Å². The van der Waals surface area contributed by atoms with E-state index in [0.29, 0.717) is 35.2 Å². The number of halogens is 1. The van der Waals surface area contributed by atoms with Gasteiger partial charge in [-0.3, -0.25) is 4.79 Å². The number of amides is 1. The topological polar surface area (TPSA) is 53.3 Å². The summed E-state index contributed by atoms with van der Waals surface area (Å²) in [5, 5.41) is 9.55. The first-order valence-electron chi connectivity index (χ1n) is 8.78. The Bertz CT molecular complexity index is 795. The van der Waals surface area contributed by atoms with Gasteiger partial charge in [0, 0.05) is 31.9 Å². The van der Waals surface area contributed by atoms with E-state index in [1.54, 1.807) is 18.2 Å². The van der Waals surface area contributed by atoms with Crippen molar-refractivity contribution < 1.29 is 9.53 Å². The predicted octanol–water partition coefficient (Wildman–Crippen LogP) is 4.28. The van der Waals surface area contributed by atoms with Crippen LogP contribution in [0.2, 0.25) is 5.02 Å². The zero-order valence-electron chi connectivity index (χ0n) is 14.5. The molecule has 3 rings (SSSR count). The fourth-order valence-corrected chi connectivity index (χ4v) is 3.35. The van der Waals surface area contributed by atoms with Crippen molar-refractivity contribution in [1.29, 1.82) is 5.26 Å². The van der Waals surface area contributed by atoms with Gasteiger partial charge in [0.15, 0.2) is 0 Å². The van der Waals surface area contributed by atoms with E-state index >= 15 is 0 Å². The molecule has 1 aliphatic heterocycles. The van der Waals surface area contributed by atoms with Gasteiger partial charge in [0.05, 0.1) is 10.6 Å². The Morgan fingerprint density at radius 3 is 2.62 bits per heavy atom. The number of ether oxygens (including phenoxy) is 1. The molecule has 1 heterocycles. The van der Waals surface area contributed by atoms with E-state index in [2.05, 4.69) is 0 Å². The van der Waals surface area contributed by atoms with Gasteiger partial charge < -0.3 is 9.64 Å².